The van der Waals surface area contributed by atoms with Gasteiger partial charge in [0.25, 0.3) is 5.91 Å². The van der Waals surface area contributed by atoms with E-state index in [0.717, 1.165) is 17.1 Å². The van der Waals surface area contributed by atoms with Crippen molar-refractivity contribution in [2.24, 2.45) is 11.7 Å². The van der Waals surface area contributed by atoms with Crippen molar-refractivity contribution in [2.45, 2.75) is 49.7 Å². The maximum atomic E-state index is 12.2. The van der Waals surface area contributed by atoms with Gasteiger partial charge in [0, 0.05) is 24.5 Å². The summed E-state index contributed by atoms with van der Waals surface area (Å²) in [4.78, 5) is 16.8. The monoisotopic (exact) mass is 400 g/mol. The van der Waals surface area contributed by atoms with Gasteiger partial charge in [0.1, 0.15) is 11.1 Å². The minimum Gasteiger partial charge on any atom is -0.611 e. The summed E-state index contributed by atoms with van der Waals surface area (Å²) in [6.45, 7) is 4.71. The van der Waals surface area contributed by atoms with Gasteiger partial charge in [-0.2, -0.15) is 0 Å². The Balaban J connectivity index is 1.72. The fourth-order valence-corrected chi connectivity index (χ4v) is 4.38. The van der Waals surface area contributed by atoms with Gasteiger partial charge in [0.05, 0.1) is 11.3 Å². The van der Waals surface area contributed by atoms with Crippen LogP contribution in [0.15, 0.2) is 41.4 Å². The highest BCUT2D eigenvalue weighted by atomic mass is 32.2. The third-order valence-electron chi connectivity index (χ3n) is 5.01. The summed E-state index contributed by atoms with van der Waals surface area (Å²) in [6, 6.07) is 9.29. The van der Waals surface area contributed by atoms with Crippen LogP contribution in [0.25, 0.3) is 0 Å². The molecule has 1 aliphatic carbocycles. The summed E-state index contributed by atoms with van der Waals surface area (Å²) in [5.74, 6) is 0.768. The van der Waals surface area contributed by atoms with Crippen molar-refractivity contribution in [3.63, 3.8) is 0 Å². The number of pyridine rings is 1. The molecule has 1 unspecified atom stereocenters. The first-order valence-electron chi connectivity index (χ1n) is 9.75. The molecule has 1 amide bonds. The van der Waals surface area contributed by atoms with Gasteiger partial charge in [-0.15, -0.1) is 0 Å². The molecule has 2 aromatic rings. The highest BCUT2D eigenvalue weighted by Gasteiger charge is 2.17. The second-order valence-electron chi connectivity index (χ2n) is 7.51. The van der Waals surface area contributed by atoms with E-state index in [2.05, 4.69) is 15.6 Å². The van der Waals surface area contributed by atoms with E-state index < -0.39 is 17.1 Å². The molecule has 0 bridgehead atoms. The Kier molecular flexibility index (Phi) is 6.80. The van der Waals surface area contributed by atoms with Crippen molar-refractivity contribution in [2.75, 3.05) is 17.2 Å². The molecule has 0 spiro atoms. The van der Waals surface area contributed by atoms with Crippen molar-refractivity contribution in [3.05, 3.63) is 42.1 Å². The maximum absolute atomic E-state index is 12.2. The number of nitrogens with zero attached hydrogens (tertiary/aromatic N) is 1. The van der Waals surface area contributed by atoms with E-state index >= 15 is 0 Å². The lowest BCUT2D eigenvalue weighted by atomic mass is 10.1. The zero-order valence-electron chi connectivity index (χ0n) is 16.4. The molecule has 1 heterocycles. The minimum absolute atomic E-state index is 0.0790. The Morgan fingerprint density at radius 3 is 2.57 bits per heavy atom. The van der Waals surface area contributed by atoms with Crippen LogP contribution in [0.4, 0.5) is 17.2 Å². The first-order valence-corrected chi connectivity index (χ1v) is 11.0. The Hall–Kier alpha value is -2.25. The number of amides is 1. The number of aromatic nitrogens is 1. The minimum atomic E-state index is -1.01. The summed E-state index contributed by atoms with van der Waals surface area (Å²) in [5, 5.41) is 6.69. The Morgan fingerprint density at radius 2 is 1.96 bits per heavy atom. The van der Waals surface area contributed by atoms with Crippen molar-refractivity contribution in [3.8, 4) is 0 Å². The molecule has 1 aromatic carbocycles. The van der Waals surface area contributed by atoms with Gasteiger partial charge in [-0.05, 0) is 68.0 Å². The van der Waals surface area contributed by atoms with Crippen LogP contribution in [0.1, 0.15) is 49.9 Å². The summed E-state index contributed by atoms with van der Waals surface area (Å²) >= 11 is -1.01. The standard InChI is InChI=1S/C21H28N4O2S/c1-14(2)28(27)17-9-7-16(8-10-17)25-20-11-19(18(13-24-20)21(22)26)23-12-15-5-3-4-6-15/h7-11,13-15H,3-6,12H2,1-2H3,(H2,22,26)(H2,23,24,25). The van der Waals surface area contributed by atoms with Crippen LogP contribution >= 0.6 is 0 Å². The molecule has 1 aliphatic rings. The quantitative estimate of drug-likeness (QED) is 0.580. The van der Waals surface area contributed by atoms with Gasteiger partial charge in [-0.1, -0.05) is 12.8 Å². The van der Waals surface area contributed by atoms with Crippen LogP contribution < -0.4 is 16.4 Å². The lowest BCUT2D eigenvalue weighted by Crippen LogP contribution is -2.18. The van der Waals surface area contributed by atoms with Crippen LogP contribution in [0.3, 0.4) is 0 Å². The third kappa shape index (κ3) is 5.17. The number of anilines is 3. The zero-order chi connectivity index (χ0) is 20.1. The molecule has 0 radical (unpaired) electrons. The highest BCUT2D eigenvalue weighted by molar-refractivity contribution is 7.92. The van der Waals surface area contributed by atoms with Gasteiger partial charge in [-0.25, -0.2) is 4.98 Å². The Bertz CT molecular complexity index is 805. The van der Waals surface area contributed by atoms with E-state index in [1.807, 2.05) is 44.2 Å². The van der Waals surface area contributed by atoms with Crippen molar-refractivity contribution in [1.29, 1.82) is 0 Å². The first kappa shape index (κ1) is 20.5. The molecule has 1 fully saturated rings. The van der Waals surface area contributed by atoms with Crippen molar-refractivity contribution in [1.82, 2.24) is 4.98 Å². The van der Waals surface area contributed by atoms with Crippen molar-refractivity contribution < 1.29 is 9.35 Å². The van der Waals surface area contributed by atoms with E-state index in [1.165, 1.54) is 31.9 Å². The number of hydrogen-bond acceptors (Lipinski definition) is 5. The summed E-state index contributed by atoms with van der Waals surface area (Å²) in [7, 11) is 0. The topological polar surface area (TPSA) is 103 Å². The van der Waals surface area contributed by atoms with Crippen LogP contribution in [-0.2, 0) is 11.2 Å². The van der Waals surface area contributed by atoms with E-state index in [9.17, 15) is 9.35 Å². The van der Waals surface area contributed by atoms with Crippen LogP contribution in [0.2, 0.25) is 0 Å². The van der Waals surface area contributed by atoms with Crippen LogP contribution in [0, 0.1) is 5.92 Å². The van der Waals surface area contributed by atoms with E-state index in [0.29, 0.717) is 23.0 Å². The van der Waals surface area contributed by atoms with Gasteiger partial charge in [0.2, 0.25) is 0 Å². The largest absolute Gasteiger partial charge is 0.611 e. The number of carbonyl (C=O) groups is 1. The molecule has 0 saturated heterocycles. The molecule has 7 heteroatoms. The molecule has 0 aliphatic heterocycles. The molecule has 3 rings (SSSR count). The second kappa shape index (κ2) is 9.30. The Labute approximate surface area is 169 Å². The molecule has 28 heavy (non-hydrogen) atoms. The SMILES string of the molecule is CC(C)[S+]([O-])c1ccc(Nc2cc(NCC3CCCC3)c(C(N)=O)cn2)cc1. The van der Waals surface area contributed by atoms with Gasteiger partial charge >= 0.3 is 0 Å². The molecule has 4 N–H and O–H groups in total. The lowest BCUT2D eigenvalue weighted by Gasteiger charge is -2.16. The lowest BCUT2D eigenvalue weighted by molar-refractivity contribution is 0.100. The fraction of sp³-hybridized carbons (Fsp3) is 0.429. The van der Waals surface area contributed by atoms with E-state index in [1.54, 1.807) is 0 Å². The molecule has 150 valence electrons. The zero-order valence-corrected chi connectivity index (χ0v) is 17.2. The van der Waals surface area contributed by atoms with Crippen LogP contribution in [0.5, 0.6) is 0 Å². The average Bonchev–Trinajstić information content (AvgIpc) is 3.20. The smallest absolute Gasteiger partial charge is 0.252 e. The van der Waals surface area contributed by atoms with E-state index in [4.69, 9.17) is 5.73 Å². The Morgan fingerprint density at radius 1 is 1.29 bits per heavy atom. The number of nitrogens with two attached hydrogens (primary N) is 1. The fourth-order valence-electron chi connectivity index (χ4n) is 3.43. The number of hydrogen-bond donors (Lipinski definition) is 3. The molecular formula is C21H28N4O2S. The third-order valence-corrected chi connectivity index (χ3v) is 6.61. The molecular weight excluding hydrogens is 372 g/mol. The number of carbonyl (C=O) groups excluding carboxylic acids is 1. The second-order valence-corrected chi connectivity index (χ2v) is 9.52. The van der Waals surface area contributed by atoms with Gasteiger partial charge in [0.15, 0.2) is 4.90 Å². The summed E-state index contributed by atoms with van der Waals surface area (Å²) < 4.78 is 12.2. The predicted molar refractivity (Wildman–Crippen MR) is 114 cm³/mol. The summed E-state index contributed by atoms with van der Waals surface area (Å²) in [5.41, 5.74) is 7.44. The number of nitrogens with one attached hydrogen (secondary N) is 2. The number of rotatable bonds is 8. The number of benzene rings is 1. The molecule has 6 nitrogen and oxygen atoms in total. The first-order chi connectivity index (χ1) is 13.4. The van der Waals surface area contributed by atoms with Crippen LogP contribution in [-0.4, -0.2) is 27.2 Å². The van der Waals surface area contributed by atoms with Gasteiger partial charge < -0.3 is 20.9 Å². The van der Waals surface area contributed by atoms with Gasteiger partial charge in [-0.3, -0.25) is 4.79 Å². The predicted octanol–water partition coefficient (Wildman–Crippen LogP) is 4.04. The number of primary amides is 1. The molecule has 1 atom stereocenters. The molecule has 1 aromatic heterocycles. The maximum Gasteiger partial charge on any atom is 0.252 e. The highest BCUT2D eigenvalue weighted by Crippen LogP contribution is 2.27. The summed E-state index contributed by atoms with van der Waals surface area (Å²) in [6.07, 6.45) is 6.49. The van der Waals surface area contributed by atoms with Crippen molar-refractivity contribution >= 4 is 34.3 Å². The van der Waals surface area contributed by atoms with E-state index in [-0.39, 0.29) is 5.25 Å². The normalized spacial score (nSPS) is 15.6. The average molecular weight is 401 g/mol. The molecule has 1 saturated carbocycles.